The number of carbonyl (C=O) groups is 1. The Bertz CT molecular complexity index is 444. The Labute approximate surface area is 125 Å². The standard InChI is InChI=1S/C15H24N2O2S/c1-5-12(7-9-18)17-14(19)11-6-8-16-13(10-11)20-15(2,3)4/h6,8,10,12,18H,5,7,9H2,1-4H3,(H,17,19). The van der Waals surface area contributed by atoms with Gasteiger partial charge in [0, 0.05) is 29.2 Å². The van der Waals surface area contributed by atoms with Gasteiger partial charge in [-0.1, -0.05) is 27.7 Å². The normalized spacial score (nSPS) is 13.1. The van der Waals surface area contributed by atoms with Crippen LogP contribution in [0.15, 0.2) is 23.4 Å². The third kappa shape index (κ3) is 5.92. The lowest BCUT2D eigenvalue weighted by molar-refractivity contribution is 0.0928. The van der Waals surface area contributed by atoms with Crippen molar-refractivity contribution in [1.82, 2.24) is 10.3 Å². The van der Waals surface area contributed by atoms with Crippen LogP contribution < -0.4 is 5.32 Å². The number of carbonyl (C=O) groups excluding carboxylic acids is 1. The first-order valence-electron chi connectivity index (χ1n) is 6.92. The predicted octanol–water partition coefficient (Wildman–Crippen LogP) is 2.86. The van der Waals surface area contributed by atoms with Crippen molar-refractivity contribution in [1.29, 1.82) is 0 Å². The smallest absolute Gasteiger partial charge is 0.251 e. The van der Waals surface area contributed by atoms with Gasteiger partial charge in [0.05, 0.1) is 5.03 Å². The second kappa shape index (κ2) is 7.64. The van der Waals surface area contributed by atoms with Gasteiger partial charge < -0.3 is 10.4 Å². The molecular weight excluding hydrogens is 272 g/mol. The molecule has 2 N–H and O–H groups in total. The predicted molar refractivity (Wildman–Crippen MR) is 83.1 cm³/mol. The first-order chi connectivity index (χ1) is 9.35. The molecule has 112 valence electrons. The minimum atomic E-state index is -0.108. The highest BCUT2D eigenvalue weighted by molar-refractivity contribution is 8.00. The lowest BCUT2D eigenvalue weighted by Gasteiger charge is -2.18. The summed E-state index contributed by atoms with van der Waals surface area (Å²) in [7, 11) is 0. The van der Waals surface area contributed by atoms with E-state index in [1.165, 1.54) is 0 Å². The molecule has 1 atom stereocenters. The van der Waals surface area contributed by atoms with Gasteiger partial charge in [-0.05, 0) is 25.0 Å². The van der Waals surface area contributed by atoms with Crippen LogP contribution >= 0.6 is 11.8 Å². The minimum absolute atomic E-state index is 0.0133. The van der Waals surface area contributed by atoms with Gasteiger partial charge in [0.15, 0.2) is 0 Å². The SMILES string of the molecule is CCC(CCO)NC(=O)c1ccnc(SC(C)(C)C)c1. The molecule has 1 aromatic heterocycles. The van der Waals surface area contributed by atoms with E-state index in [4.69, 9.17) is 5.11 Å². The Morgan fingerprint density at radius 3 is 2.75 bits per heavy atom. The van der Waals surface area contributed by atoms with Crippen molar-refractivity contribution in [2.75, 3.05) is 6.61 Å². The first kappa shape index (κ1) is 17.0. The Morgan fingerprint density at radius 1 is 1.50 bits per heavy atom. The van der Waals surface area contributed by atoms with Crippen LogP contribution in [0.2, 0.25) is 0 Å². The summed E-state index contributed by atoms with van der Waals surface area (Å²) in [6.07, 6.45) is 3.05. The number of aliphatic hydroxyl groups excluding tert-OH is 1. The summed E-state index contributed by atoms with van der Waals surface area (Å²) in [5.74, 6) is -0.108. The lowest BCUT2D eigenvalue weighted by Crippen LogP contribution is -2.35. The number of pyridine rings is 1. The molecule has 1 aromatic rings. The Morgan fingerprint density at radius 2 is 2.20 bits per heavy atom. The van der Waals surface area contributed by atoms with Crippen LogP contribution in [-0.2, 0) is 0 Å². The fourth-order valence-corrected chi connectivity index (χ4v) is 2.65. The molecule has 0 aliphatic rings. The fourth-order valence-electron chi connectivity index (χ4n) is 1.72. The Balaban J connectivity index is 2.75. The van der Waals surface area contributed by atoms with E-state index in [-0.39, 0.29) is 23.3 Å². The second-order valence-electron chi connectivity index (χ2n) is 5.69. The molecule has 0 aliphatic carbocycles. The van der Waals surface area contributed by atoms with Gasteiger partial charge in [-0.15, -0.1) is 11.8 Å². The zero-order chi connectivity index (χ0) is 15.2. The van der Waals surface area contributed by atoms with Gasteiger partial charge in [-0.3, -0.25) is 4.79 Å². The van der Waals surface area contributed by atoms with Crippen LogP contribution in [0.4, 0.5) is 0 Å². The molecule has 1 rings (SSSR count). The maximum Gasteiger partial charge on any atom is 0.251 e. The topological polar surface area (TPSA) is 62.2 Å². The zero-order valence-electron chi connectivity index (χ0n) is 12.6. The van der Waals surface area contributed by atoms with E-state index >= 15 is 0 Å². The van der Waals surface area contributed by atoms with Crippen molar-refractivity contribution in [3.8, 4) is 0 Å². The van der Waals surface area contributed by atoms with Crippen LogP contribution in [0, 0.1) is 0 Å². The molecule has 0 saturated carbocycles. The van der Waals surface area contributed by atoms with Crippen molar-refractivity contribution in [3.05, 3.63) is 23.9 Å². The van der Waals surface area contributed by atoms with Gasteiger partial charge >= 0.3 is 0 Å². The fraction of sp³-hybridized carbons (Fsp3) is 0.600. The molecular formula is C15H24N2O2S. The summed E-state index contributed by atoms with van der Waals surface area (Å²) < 4.78 is 0.0605. The van der Waals surface area contributed by atoms with Crippen LogP contribution in [0.1, 0.15) is 50.9 Å². The van der Waals surface area contributed by atoms with Crippen LogP contribution in [0.5, 0.6) is 0 Å². The molecule has 1 unspecified atom stereocenters. The van der Waals surface area contributed by atoms with Crippen molar-refractivity contribution < 1.29 is 9.90 Å². The molecule has 5 heteroatoms. The van der Waals surface area contributed by atoms with Crippen molar-refractivity contribution in [2.45, 2.75) is 56.4 Å². The number of aliphatic hydroxyl groups is 1. The molecule has 0 aromatic carbocycles. The highest BCUT2D eigenvalue weighted by Gasteiger charge is 2.16. The molecule has 1 amide bonds. The lowest BCUT2D eigenvalue weighted by atomic mass is 10.1. The molecule has 1 heterocycles. The third-order valence-electron chi connectivity index (χ3n) is 2.71. The van der Waals surface area contributed by atoms with E-state index in [9.17, 15) is 4.79 Å². The summed E-state index contributed by atoms with van der Waals surface area (Å²) >= 11 is 1.64. The van der Waals surface area contributed by atoms with E-state index in [1.807, 2.05) is 13.0 Å². The van der Waals surface area contributed by atoms with Gasteiger partial charge in [-0.25, -0.2) is 4.98 Å². The summed E-state index contributed by atoms with van der Waals surface area (Å²) in [4.78, 5) is 16.5. The van der Waals surface area contributed by atoms with E-state index in [2.05, 4.69) is 31.1 Å². The summed E-state index contributed by atoms with van der Waals surface area (Å²) in [5, 5.41) is 12.7. The van der Waals surface area contributed by atoms with Crippen LogP contribution in [-0.4, -0.2) is 33.4 Å². The van der Waals surface area contributed by atoms with Gasteiger partial charge in [0.25, 0.3) is 5.91 Å². The highest BCUT2D eigenvalue weighted by Crippen LogP contribution is 2.30. The molecule has 0 saturated heterocycles. The molecule has 20 heavy (non-hydrogen) atoms. The molecule has 0 radical (unpaired) electrons. The quantitative estimate of drug-likeness (QED) is 0.792. The molecule has 0 bridgehead atoms. The maximum atomic E-state index is 12.2. The Hall–Kier alpha value is -1.07. The number of aromatic nitrogens is 1. The number of hydrogen-bond donors (Lipinski definition) is 2. The van der Waals surface area contributed by atoms with Crippen molar-refractivity contribution >= 4 is 17.7 Å². The largest absolute Gasteiger partial charge is 0.396 e. The number of rotatable bonds is 6. The van der Waals surface area contributed by atoms with E-state index in [1.54, 1.807) is 24.0 Å². The maximum absolute atomic E-state index is 12.2. The second-order valence-corrected chi connectivity index (χ2v) is 7.54. The number of hydrogen-bond acceptors (Lipinski definition) is 4. The Kier molecular flexibility index (Phi) is 6.49. The van der Waals surface area contributed by atoms with Crippen molar-refractivity contribution in [2.24, 2.45) is 0 Å². The number of amides is 1. The minimum Gasteiger partial charge on any atom is -0.396 e. The van der Waals surface area contributed by atoms with Gasteiger partial charge in [0.1, 0.15) is 0 Å². The monoisotopic (exact) mass is 296 g/mol. The summed E-state index contributed by atoms with van der Waals surface area (Å²) in [6.45, 7) is 8.41. The van der Waals surface area contributed by atoms with E-state index in [0.717, 1.165) is 11.4 Å². The number of thioether (sulfide) groups is 1. The van der Waals surface area contributed by atoms with Crippen LogP contribution in [0.3, 0.4) is 0 Å². The zero-order valence-corrected chi connectivity index (χ0v) is 13.5. The first-order valence-corrected chi connectivity index (χ1v) is 7.74. The molecule has 0 spiro atoms. The average Bonchev–Trinajstić information content (AvgIpc) is 2.36. The van der Waals surface area contributed by atoms with E-state index < -0.39 is 0 Å². The van der Waals surface area contributed by atoms with Crippen molar-refractivity contribution in [3.63, 3.8) is 0 Å². The average molecular weight is 296 g/mol. The van der Waals surface area contributed by atoms with Crippen LogP contribution in [0.25, 0.3) is 0 Å². The van der Waals surface area contributed by atoms with E-state index in [0.29, 0.717) is 12.0 Å². The third-order valence-corrected chi connectivity index (χ3v) is 3.76. The number of nitrogens with zero attached hydrogens (tertiary/aromatic N) is 1. The molecule has 4 nitrogen and oxygen atoms in total. The molecule has 0 fully saturated rings. The summed E-state index contributed by atoms with van der Waals surface area (Å²) in [5.41, 5.74) is 0.614. The molecule has 0 aliphatic heterocycles. The summed E-state index contributed by atoms with van der Waals surface area (Å²) in [6, 6.07) is 3.55. The van der Waals surface area contributed by atoms with Gasteiger partial charge in [0.2, 0.25) is 0 Å². The van der Waals surface area contributed by atoms with Gasteiger partial charge in [-0.2, -0.15) is 0 Å². The highest BCUT2D eigenvalue weighted by atomic mass is 32.2. The number of nitrogens with one attached hydrogen (secondary N) is 1.